The lowest BCUT2D eigenvalue weighted by molar-refractivity contribution is -0.121. The van der Waals surface area contributed by atoms with Gasteiger partial charge in [0.25, 0.3) is 5.91 Å². The first-order valence-electron chi connectivity index (χ1n) is 5.73. The molecule has 19 heavy (non-hydrogen) atoms. The second-order valence-corrected chi connectivity index (χ2v) is 4.49. The predicted octanol–water partition coefficient (Wildman–Crippen LogP) is 0.494. The van der Waals surface area contributed by atoms with Crippen LogP contribution in [0.5, 0.6) is 0 Å². The van der Waals surface area contributed by atoms with Crippen LogP contribution in [0.1, 0.15) is 16.8 Å². The highest BCUT2D eigenvalue weighted by atomic mass is 19.1. The molecule has 0 spiro atoms. The highest BCUT2D eigenvalue weighted by Crippen LogP contribution is 2.22. The zero-order valence-corrected chi connectivity index (χ0v) is 10.0. The molecule has 2 amide bonds. The first-order valence-corrected chi connectivity index (χ1v) is 5.73. The molecule has 102 valence electrons. The number of rotatable bonds is 2. The van der Waals surface area contributed by atoms with Crippen LogP contribution in [0.3, 0.4) is 0 Å². The second-order valence-electron chi connectivity index (χ2n) is 4.49. The van der Waals surface area contributed by atoms with Gasteiger partial charge in [0.05, 0.1) is 17.2 Å². The molecule has 0 radical (unpaired) electrons. The number of primary amides is 1. The molecule has 1 atom stereocenters. The fourth-order valence-electron chi connectivity index (χ4n) is 2.08. The Morgan fingerprint density at radius 2 is 1.95 bits per heavy atom. The molecule has 1 aromatic carbocycles. The summed E-state index contributed by atoms with van der Waals surface area (Å²) < 4.78 is 26.6. The minimum absolute atomic E-state index is 0.144. The zero-order valence-electron chi connectivity index (χ0n) is 10.0. The van der Waals surface area contributed by atoms with Crippen LogP contribution in [-0.4, -0.2) is 29.8 Å². The molecule has 5 nitrogen and oxygen atoms in total. The van der Waals surface area contributed by atoms with Gasteiger partial charge >= 0.3 is 0 Å². The summed E-state index contributed by atoms with van der Waals surface area (Å²) in [5.74, 6) is -3.42. The quantitative estimate of drug-likeness (QED) is 0.766. The average Bonchev–Trinajstić information content (AvgIpc) is 2.82. The zero-order chi connectivity index (χ0) is 14.2. The molecule has 1 aliphatic heterocycles. The lowest BCUT2D eigenvalue weighted by Gasteiger charge is -2.16. The van der Waals surface area contributed by atoms with Gasteiger partial charge in [-0.25, -0.2) is 8.78 Å². The highest BCUT2D eigenvalue weighted by molar-refractivity contribution is 5.96. The monoisotopic (exact) mass is 269 g/mol. The summed E-state index contributed by atoms with van der Waals surface area (Å²) in [7, 11) is 0. The summed E-state index contributed by atoms with van der Waals surface area (Å²) in [6.45, 7) is 0.452. The SMILES string of the molecule is NC(=O)C1CCN(C(=O)c2cc(N)c(F)cc2F)C1. The van der Waals surface area contributed by atoms with Gasteiger partial charge in [-0.15, -0.1) is 0 Å². The molecule has 4 N–H and O–H groups in total. The molecule has 1 aromatic rings. The van der Waals surface area contributed by atoms with Gasteiger partial charge in [-0.1, -0.05) is 0 Å². The molecular formula is C12H13F2N3O2. The molecular weight excluding hydrogens is 256 g/mol. The van der Waals surface area contributed by atoms with E-state index in [1.54, 1.807) is 0 Å². The average molecular weight is 269 g/mol. The van der Waals surface area contributed by atoms with Gasteiger partial charge in [-0.3, -0.25) is 9.59 Å². The number of halogens is 2. The number of benzene rings is 1. The number of carbonyl (C=O) groups is 2. The Hall–Kier alpha value is -2.18. The first-order chi connectivity index (χ1) is 8.90. The number of anilines is 1. The van der Waals surface area contributed by atoms with Crippen LogP contribution in [0.4, 0.5) is 14.5 Å². The Kier molecular flexibility index (Phi) is 3.37. The van der Waals surface area contributed by atoms with E-state index in [0.29, 0.717) is 19.0 Å². The number of nitrogens with two attached hydrogens (primary N) is 2. The Bertz CT molecular complexity index is 548. The molecule has 2 rings (SSSR count). The molecule has 7 heteroatoms. The van der Waals surface area contributed by atoms with Crippen LogP contribution in [0.25, 0.3) is 0 Å². The van der Waals surface area contributed by atoms with Crippen molar-refractivity contribution in [2.75, 3.05) is 18.8 Å². The van der Waals surface area contributed by atoms with Crippen LogP contribution < -0.4 is 11.5 Å². The van der Waals surface area contributed by atoms with Gasteiger partial charge in [0.15, 0.2) is 0 Å². The second kappa shape index (κ2) is 4.83. The van der Waals surface area contributed by atoms with E-state index < -0.39 is 29.4 Å². The van der Waals surface area contributed by atoms with Gasteiger partial charge in [-0.2, -0.15) is 0 Å². The molecule has 1 saturated heterocycles. The molecule has 0 saturated carbocycles. The number of hydrogen-bond donors (Lipinski definition) is 2. The van der Waals surface area contributed by atoms with Crippen molar-refractivity contribution in [1.82, 2.24) is 4.90 Å². The van der Waals surface area contributed by atoms with Crippen molar-refractivity contribution in [2.45, 2.75) is 6.42 Å². The van der Waals surface area contributed by atoms with E-state index in [9.17, 15) is 18.4 Å². The van der Waals surface area contributed by atoms with Gasteiger partial charge in [-0.05, 0) is 12.5 Å². The Morgan fingerprint density at radius 3 is 2.53 bits per heavy atom. The third-order valence-corrected chi connectivity index (χ3v) is 3.19. The maximum atomic E-state index is 13.6. The minimum atomic E-state index is -0.973. The molecule has 1 aliphatic rings. The Balaban J connectivity index is 2.22. The van der Waals surface area contributed by atoms with Crippen LogP contribution in [0.2, 0.25) is 0 Å². The number of hydrogen-bond acceptors (Lipinski definition) is 3. The number of likely N-dealkylation sites (tertiary alicyclic amines) is 1. The predicted molar refractivity (Wildman–Crippen MR) is 64.0 cm³/mol. The summed E-state index contributed by atoms with van der Waals surface area (Å²) in [5, 5.41) is 0. The van der Waals surface area contributed by atoms with Crippen LogP contribution in [0.15, 0.2) is 12.1 Å². The van der Waals surface area contributed by atoms with E-state index in [1.807, 2.05) is 0 Å². The molecule has 0 aromatic heterocycles. The fourth-order valence-corrected chi connectivity index (χ4v) is 2.08. The minimum Gasteiger partial charge on any atom is -0.396 e. The van der Waals surface area contributed by atoms with E-state index >= 15 is 0 Å². The molecule has 0 bridgehead atoms. The third kappa shape index (κ3) is 2.49. The van der Waals surface area contributed by atoms with Crippen molar-refractivity contribution < 1.29 is 18.4 Å². The van der Waals surface area contributed by atoms with Crippen molar-refractivity contribution in [3.8, 4) is 0 Å². The highest BCUT2D eigenvalue weighted by Gasteiger charge is 2.31. The van der Waals surface area contributed by atoms with Crippen molar-refractivity contribution in [3.63, 3.8) is 0 Å². The number of carbonyl (C=O) groups excluding carboxylic acids is 2. The Morgan fingerprint density at radius 1 is 1.26 bits per heavy atom. The largest absolute Gasteiger partial charge is 0.396 e. The fraction of sp³-hybridized carbons (Fsp3) is 0.333. The molecule has 0 aliphatic carbocycles. The maximum absolute atomic E-state index is 13.6. The van der Waals surface area contributed by atoms with Crippen LogP contribution in [-0.2, 0) is 4.79 Å². The van der Waals surface area contributed by atoms with Gasteiger partial charge in [0.2, 0.25) is 5.91 Å². The van der Waals surface area contributed by atoms with E-state index in [1.165, 1.54) is 4.90 Å². The van der Waals surface area contributed by atoms with E-state index in [0.717, 1.165) is 6.07 Å². The lowest BCUT2D eigenvalue weighted by atomic mass is 10.1. The first kappa shape index (κ1) is 13.3. The smallest absolute Gasteiger partial charge is 0.256 e. The normalized spacial score (nSPS) is 18.6. The summed E-state index contributed by atoms with van der Waals surface area (Å²) in [4.78, 5) is 24.4. The Labute approximate surface area is 108 Å². The van der Waals surface area contributed by atoms with E-state index in [2.05, 4.69) is 0 Å². The van der Waals surface area contributed by atoms with Crippen LogP contribution >= 0.6 is 0 Å². The standard InChI is InChI=1S/C12H13F2N3O2/c13-8-4-9(14)10(15)3-7(8)12(19)17-2-1-6(5-17)11(16)18/h3-4,6H,1-2,5,15H2,(H2,16,18). The summed E-state index contributed by atoms with van der Waals surface area (Å²) in [6, 6.07) is 1.54. The van der Waals surface area contributed by atoms with Crippen molar-refractivity contribution in [3.05, 3.63) is 29.3 Å². The number of nitrogen functional groups attached to an aromatic ring is 1. The van der Waals surface area contributed by atoms with Crippen molar-refractivity contribution in [1.29, 1.82) is 0 Å². The molecule has 1 fully saturated rings. The van der Waals surface area contributed by atoms with Crippen LogP contribution in [0, 0.1) is 17.6 Å². The lowest BCUT2D eigenvalue weighted by Crippen LogP contribution is -2.32. The maximum Gasteiger partial charge on any atom is 0.256 e. The summed E-state index contributed by atoms with van der Waals surface area (Å²) in [5.41, 5.74) is 9.87. The van der Waals surface area contributed by atoms with Gasteiger partial charge in [0.1, 0.15) is 11.6 Å². The molecule has 1 unspecified atom stereocenters. The van der Waals surface area contributed by atoms with Gasteiger partial charge < -0.3 is 16.4 Å². The summed E-state index contributed by atoms with van der Waals surface area (Å²) in [6.07, 6.45) is 0.444. The van der Waals surface area contributed by atoms with E-state index in [-0.39, 0.29) is 17.8 Å². The van der Waals surface area contributed by atoms with E-state index in [4.69, 9.17) is 11.5 Å². The number of amides is 2. The van der Waals surface area contributed by atoms with Crippen molar-refractivity contribution in [2.24, 2.45) is 11.7 Å². The third-order valence-electron chi connectivity index (χ3n) is 3.19. The molecule has 1 heterocycles. The summed E-state index contributed by atoms with van der Waals surface area (Å²) >= 11 is 0. The number of nitrogens with zero attached hydrogens (tertiary/aromatic N) is 1. The van der Waals surface area contributed by atoms with Crippen molar-refractivity contribution >= 4 is 17.5 Å². The topological polar surface area (TPSA) is 89.4 Å². The van der Waals surface area contributed by atoms with Gasteiger partial charge in [0, 0.05) is 19.2 Å².